The van der Waals surface area contributed by atoms with Crippen LogP contribution < -0.4 is 4.74 Å². The maximum Gasteiger partial charge on any atom is 0.304 e. The van der Waals surface area contributed by atoms with Crippen molar-refractivity contribution in [1.82, 2.24) is 24.3 Å². The van der Waals surface area contributed by atoms with Crippen LogP contribution in [0.2, 0.25) is 0 Å². The number of aryl methyl sites for hydroxylation is 3. The van der Waals surface area contributed by atoms with Crippen LogP contribution >= 0.6 is 0 Å². The van der Waals surface area contributed by atoms with Crippen molar-refractivity contribution in [2.45, 2.75) is 37.6 Å². The van der Waals surface area contributed by atoms with Gasteiger partial charge >= 0.3 is 5.97 Å². The standard InChI is InChI=1S/C26H27N5O5S/c1-16-4-5-18(21(13-25(32)33)20-6-7-22-26(17(20)2)28-29-30(22)3)12-19(16)15-31-10-11-36-23-8-9-27-14-24(23)37(31,34)35/h4-9,12,14,21H,10-11,13,15H2,1-3H3,(H,32,33). The van der Waals surface area contributed by atoms with Crippen LogP contribution in [0, 0.1) is 13.8 Å². The van der Waals surface area contributed by atoms with Crippen molar-refractivity contribution in [2.24, 2.45) is 7.05 Å². The molecule has 0 radical (unpaired) electrons. The predicted molar refractivity (Wildman–Crippen MR) is 136 cm³/mol. The second-order valence-corrected chi connectivity index (χ2v) is 11.1. The quantitative estimate of drug-likeness (QED) is 0.410. The van der Waals surface area contributed by atoms with E-state index in [9.17, 15) is 18.3 Å². The SMILES string of the molecule is Cc1ccc(C(CC(=O)O)c2ccc3c(nnn3C)c2C)cc1CN1CCOc2ccncc2S1(=O)=O. The zero-order chi connectivity index (χ0) is 26.3. The average Bonchev–Trinajstić information content (AvgIpc) is 3.19. The van der Waals surface area contributed by atoms with E-state index in [-0.39, 0.29) is 31.0 Å². The summed E-state index contributed by atoms with van der Waals surface area (Å²) in [7, 11) is -2.02. The van der Waals surface area contributed by atoms with Crippen LogP contribution in [0.5, 0.6) is 5.75 Å². The number of hydrogen-bond donors (Lipinski definition) is 1. The van der Waals surface area contributed by atoms with Crippen molar-refractivity contribution < 1.29 is 23.1 Å². The highest BCUT2D eigenvalue weighted by atomic mass is 32.2. The summed E-state index contributed by atoms with van der Waals surface area (Å²) in [5.41, 5.74) is 5.80. The lowest BCUT2D eigenvalue weighted by molar-refractivity contribution is -0.137. The highest BCUT2D eigenvalue weighted by Gasteiger charge is 2.31. The number of pyridine rings is 1. The first-order valence-corrected chi connectivity index (χ1v) is 13.3. The van der Waals surface area contributed by atoms with Crippen molar-refractivity contribution in [2.75, 3.05) is 13.2 Å². The third-order valence-corrected chi connectivity index (χ3v) is 8.77. The number of ether oxygens (including phenoxy) is 1. The minimum absolute atomic E-state index is 0.0398. The number of benzene rings is 2. The molecule has 0 aliphatic carbocycles. The van der Waals surface area contributed by atoms with Gasteiger partial charge in [0.2, 0.25) is 10.0 Å². The van der Waals surface area contributed by atoms with E-state index in [2.05, 4.69) is 15.3 Å². The van der Waals surface area contributed by atoms with Gasteiger partial charge in [-0.2, -0.15) is 4.31 Å². The Morgan fingerprint density at radius 3 is 2.78 bits per heavy atom. The van der Waals surface area contributed by atoms with Crippen LogP contribution in [0.4, 0.5) is 0 Å². The lowest BCUT2D eigenvalue weighted by Crippen LogP contribution is -2.32. The number of rotatable bonds is 6. The number of fused-ring (bicyclic) bond motifs is 2. The molecule has 1 aliphatic rings. The number of hydrogen-bond acceptors (Lipinski definition) is 7. The second kappa shape index (κ2) is 9.56. The summed E-state index contributed by atoms with van der Waals surface area (Å²) in [5.74, 6) is -1.08. The van der Waals surface area contributed by atoms with Gasteiger partial charge < -0.3 is 9.84 Å². The molecule has 2 aromatic heterocycles. The summed E-state index contributed by atoms with van der Waals surface area (Å²) in [6, 6.07) is 11.1. The molecular formula is C26H27N5O5S. The molecule has 10 nitrogen and oxygen atoms in total. The van der Waals surface area contributed by atoms with Crippen LogP contribution in [-0.4, -0.2) is 56.9 Å². The first-order valence-electron chi connectivity index (χ1n) is 11.8. The Morgan fingerprint density at radius 2 is 2.00 bits per heavy atom. The third kappa shape index (κ3) is 4.56. The Balaban J connectivity index is 1.54. The first kappa shape index (κ1) is 24.8. The molecule has 4 aromatic rings. The van der Waals surface area contributed by atoms with Gasteiger partial charge in [0.25, 0.3) is 0 Å². The number of aliphatic carboxylic acids is 1. The number of aromatic nitrogens is 4. The van der Waals surface area contributed by atoms with Crippen LogP contribution in [0.15, 0.2) is 53.7 Å². The third-order valence-electron chi connectivity index (χ3n) is 6.92. The van der Waals surface area contributed by atoms with Gasteiger partial charge in [0.15, 0.2) is 0 Å². The minimum Gasteiger partial charge on any atom is -0.491 e. The highest BCUT2D eigenvalue weighted by Crippen LogP contribution is 2.35. The normalized spacial score (nSPS) is 16.1. The molecule has 2 aromatic carbocycles. The van der Waals surface area contributed by atoms with Crippen LogP contribution in [-0.2, 0) is 28.4 Å². The van der Waals surface area contributed by atoms with E-state index in [1.165, 1.54) is 16.7 Å². The molecule has 1 unspecified atom stereocenters. The molecule has 1 aliphatic heterocycles. The predicted octanol–water partition coefficient (Wildman–Crippen LogP) is 3.17. The molecule has 1 atom stereocenters. The van der Waals surface area contributed by atoms with E-state index in [1.54, 1.807) is 10.7 Å². The summed E-state index contributed by atoms with van der Waals surface area (Å²) < 4.78 is 35.5. The maximum atomic E-state index is 13.4. The molecular weight excluding hydrogens is 494 g/mol. The summed E-state index contributed by atoms with van der Waals surface area (Å²) in [5, 5.41) is 18.1. The van der Waals surface area contributed by atoms with Gasteiger partial charge in [-0.3, -0.25) is 9.78 Å². The van der Waals surface area contributed by atoms with E-state index < -0.39 is 21.9 Å². The Morgan fingerprint density at radius 1 is 1.19 bits per heavy atom. The number of nitrogens with zero attached hydrogens (tertiary/aromatic N) is 5. The fourth-order valence-electron chi connectivity index (χ4n) is 4.84. The molecule has 0 saturated carbocycles. The number of carboxylic acid groups (broad SMARTS) is 1. The average molecular weight is 522 g/mol. The molecule has 3 heterocycles. The topological polar surface area (TPSA) is 128 Å². The summed E-state index contributed by atoms with van der Waals surface area (Å²) in [6.07, 6.45) is 2.69. The van der Waals surface area contributed by atoms with Crippen molar-refractivity contribution in [3.8, 4) is 5.75 Å². The number of carboxylic acids is 1. The zero-order valence-corrected chi connectivity index (χ0v) is 21.6. The molecule has 5 rings (SSSR count). The fraction of sp³-hybridized carbons (Fsp3) is 0.308. The Kier molecular flexibility index (Phi) is 6.42. The molecule has 192 valence electrons. The number of carbonyl (C=O) groups is 1. The summed E-state index contributed by atoms with van der Waals surface area (Å²) in [4.78, 5) is 15.9. The second-order valence-electron chi connectivity index (χ2n) is 9.21. The molecule has 37 heavy (non-hydrogen) atoms. The maximum absolute atomic E-state index is 13.4. The van der Waals surface area contributed by atoms with Gasteiger partial charge in [-0.05, 0) is 53.8 Å². The van der Waals surface area contributed by atoms with Crippen molar-refractivity contribution in [1.29, 1.82) is 0 Å². The van der Waals surface area contributed by atoms with E-state index >= 15 is 0 Å². The van der Waals surface area contributed by atoms with Gasteiger partial charge in [-0.15, -0.1) is 5.10 Å². The molecule has 11 heteroatoms. The molecule has 1 N–H and O–H groups in total. The highest BCUT2D eigenvalue weighted by molar-refractivity contribution is 7.89. The molecule has 0 spiro atoms. The fourth-order valence-corrected chi connectivity index (χ4v) is 6.32. The Labute approximate surface area is 214 Å². The molecule has 0 fully saturated rings. The van der Waals surface area contributed by atoms with E-state index in [1.807, 2.05) is 51.2 Å². The van der Waals surface area contributed by atoms with Gasteiger partial charge in [0.05, 0.1) is 18.1 Å². The Bertz CT molecular complexity index is 1620. The molecule has 0 saturated heterocycles. The van der Waals surface area contributed by atoms with Gasteiger partial charge in [-0.25, -0.2) is 13.1 Å². The van der Waals surface area contributed by atoms with E-state index in [0.717, 1.165) is 38.9 Å². The van der Waals surface area contributed by atoms with Gasteiger partial charge in [0, 0.05) is 32.3 Å². The van der Waals surface area contributed by atoms with Crippen LogP contribution in [0.1, 0.15) is 40.2 Å². The van der Waals surface area contributed by atoms with Crippen molar-refractivity contribution >= 4 is 27.0 Å². The lowest BCUT2D eigenvalue weighted by atomic mass is 9.84. The largest absolute Gasteiger partial charge is 0.491 e. The minimum atomic E-state index is -3.83. The molecule has 0 bridgehead atoms. The van der Waals surface area contributed by atoms with Crippen LogP contribution in [0.25, 0.3) is 11.0 Å². The van der Waals surface area contributed by atoms with Gasteiger partial charge in [0.1, 0.15) is 22.8 Å². The van der Waals surface area contributed by atoms with Crippen LogP contribution in [0.3, 0.4) is 0 Å². The summed E-state index contributed by atoms with van der Waals surface area (Å²) in [6.45, 7) is 4.36. The first-order chi connectivity index (χ1) is 17.7. The Hall–Kier alpha value is -3.83. The van der Waals surface area contributed by atoms with Gasteiger partial charge in [-0.1, -0.05) is 29.5 Å². The number of sulfonamides is 1. The van der Waals surface area contributed by atoms with E-state index in [4.69, 9.17) is 4.74 Å². The van der Waals surface area contributed by atoms with E-state index in [0.29, 0.717) is 5.75 Å². The lowest BCUT2D eigenvalue weighted by Gasteiger charge is -2.23. The zero-order valence-electron chi connectivity index (χ0n) is 20.7. The molecule has 0 amide bonds. The smallest absolute Gasteiger partial charge is 0.304 e. The van der Waals surface area contributed by atoms with Crippen molar-refractivity contribution in [3.05, 3.63) is 76.6 Å². The van der Waals surface area contributed by atoms with Crippen molar-refractivity contribution in [3.63, 3.8) is 0 Å². The monoisotopic (exact) mass is 521 g/mol. The summed E-state index contributed by atoms with van der Waals surface area (Å²) >= 11 is 0.